The number of benzene rings is 1. The molecule has 1 aliphatic heterocycles. The number of likely N-dealkylation sites (tertiary alicyclic amines) is 1. The number of aliphatic carboxylic acids is 1. The Morgan fingerprint density at radius 1 is 1.11 bits per heavy atom. The number of piperidine rings is 1. The first kappa shape index (κ1) is 19.8. The highest BCUT2D eigenvalue weighted by molar-refractivity contribution is 5.89. The molecule has 1 aromatic carbocycles. The maximum atomic E-state index is 13.7. The van der Waals surface area contributed by atoms with Crippen molar-refractivity contribution in [3.05, 3.63) is 35.6 Å². The Hall–Kier alpha value is -1.95. The number of carboxylic acid groups (broad SMARTS) is 1. The van der Waals surface area contributed by atoms with Crippen LogP contribution < -0.4 is 0 Å². The number of hydrogen-bond acceptors (Lipinski definition) is 3. The van der Waals surface area contributed by atoms with Crippen molar-refractivity contribution in [1.82, 2.24) is 4.90 Å². The van der Waals surface area contributed by atoms with Crippen LogP contribution in [-0.4, -0.2) is 48.7 Å². The summed E-state index contributed by atoms with van der Waals surface area (Å²) in [5, 5.41) is 9.78. The van der Waals surface area contributed by atoms with Crippen LogP contribution >= 0.6 is 0 Å². The molecule has 0 spiro atoms. The second-order valence-electron chi connectivity index (χ2n) is 8.00. The minimum atomic E-state index is -1.05. The van der Waals surface area contributed by atoms with Gasteiger partial charge >= 0.3 is 5.97 Å². The smallest absolute Gasteiger partial charge is 0.313 e. The fourth-order valence-corrected chi connectivity index (χ4v) is 4.79. The second-order valence-corrected chi connectivity index (χ2v) is 8.00. The first-order valence-electron chi connectivity index (χ1n) is 9.71. The van der Waals surface area contributed by atoms with E-state index in [4.69, 9.17) is 4.74 Å². The molecule has 0 bridgehead atoms. The van der Waals surface area contributed by atoms with Gasteiger partial charge in [-0.05, 0) is 43.4 Å². The SMILES string of the molecule is COCC1(C(=O)O)CCCN(C(=O)C2(c3ccc(F)cc3)CCCCC2)C1. The first-order chi connectivity index (χ1) is 12.9. The molecule has 27 heavy (non-hydrogen) atoms. The van der Waals surface area contributed by atoms with Crippen LogP contribution in [-0.2, 0) is 19.7 Å². The summed E-state index contributed by atoms with van der Waals surface area (Å²) in [7, 11) is 1.49. The standard InChI is InChI=1S/C21H28FNO4/c1-27-15-20(19(25)26)10-5-13-23(14-20)18(24)21(11-3-2-4-12-21)16-6-8-17(22)9-7-16/h6-9H,2-5,10-15H2,1H3,(H,25,26). The zero-order valence-electron chi connectivity index (χ0n) is 15.9. The zero-order valence-corrected chi connectivity index (χ0v) is 15.9. The quantitative estimate of drug-likeness (QED) is 0.854. The third-order valence-corrected chi connectivity index (χ3v) is 6.25. The molecule has 5 nitrogen and oxygen atoms in total. The van der Waals surface area contributed by atoms with Gasteiger partial charge in [-0.1, -0.05) is 31.4 Å². The molecule has 0 aromatic heterocycles. The van der Waals surface area contributed by atoms with Crippen LogP contribution in [0.4, 0.5) is 4.39 Å². The molecule has 6 heteroatoms. The topological polar surface area (TPSA) is 66.8 Å². The van der Waals surface area contributed by atoms with Crippen LogP contribution in [0.25, 0.3) is 0 Å². The highest BCUT2D eigenvalue weighted by Gasteiger charge is 2.49. The van der Waals surface area contributed by atoms with E-state index in [9.17, 15) is 19.1 Å². The Morgan fingerprint density at radius 3 is 2.37 bits per heavy atom. The maximum absolute atomic E-state index is 13.7. The number of rotatable bonds is 5. The molecule has 3 rings (SSSR count). The van der Waals surface area contributed by atoms with Gasteiger partial charge in [0.2, 0.25) is 5.91 Å². The van der Waals surface area contributed by atoms with Gasteiger partial charge in [-0.15, -0.1) is 0 Å². The number of carbonyl (C=O) groups is 2. The van der Waals surface area contributed by atoms with E-state index in [0.717, 1.165) is 37.7 Å². The van der Waals surface area contributed by atoms with Crippen LogP contribution in [0.2, 0.25) is 0 Å². The zero-order chi connectivity index (χ0) is 19.5. The lowest BCUT2D eigenvalue weighted by atomic mass is 9.67. The number of carboxylic acids is 1. The molecule has 1 aromatic rings. The predicted molar refractivity (Wildman–Crippen MR) is 98.9 cm³/mol. The lowest BCUT2D eigenvalue weighted by molar-refractivity contribution is -0.160. The molecule has 1 aliphatic carbocycles. The molecule has 1 amide bonds. The molecule has 148 valence electrons. The summed E-state index contributed by atoms with van der Waals surface area (Å²) in [6.07, 6.45) is 5.55. The van der Waals surface area contributed by atoms with E-state index in [0.29, 0.717) is 19.4 Å². The van der Waals surface area contributed by atoms with E-state index < -0.39 is 16.8 Å². The number of amides is 1. The largest absolute Gasteiger partial charge is 0.481 e. The van der Waals surface area contributed by atoms with E-state index in [1.165, 1.54) is 19.2 Å². The Morgan fingerprint density at radius 2 is 1.78 bits per heavy atom. The van der Waals surface area contributed by atoms with Crippen LogP contribution in [0, 0.1) is 11.2 Å². The Kier molecular flexibility index (Phi) is 5.84. The van der Waals surface area contributed by atoms with Gasteiger partial charge in [0.25, 0.3) is 0 Å². The first-order valence-corrected chi connectivity index (χ1v) is 9.71. The van der Waals surface area contributed by atoms with Crippen LogP contribution in [0.1, 0.15) is 50.5 Å². The molecule has 2 aliphatic rings. The molecule has 1 atom stereocenters. The number of ether oxygens (including phenoxy) is 1. The van der Waals surface area contributed by atoms with Crippen molar-refractivity contribution in [3.63, 3.8) is 0 Å². The summed E-state index contributed by atoms with van der Waals surface area (Å²) >= 11 is 0. The molecule has 1 saturated carbocycles. The van der Waals surface area contributed by atoms with Crippen molar-refractivity contribution in [2.75, 3.05) is 26.8 Å². The number of nitrogens with zero attached hydrogens (tertiary/aromatic N) is 1. The minimum Gasteiger partial charge on any atom is -0.481 e. The van der Waals surface area contributed by atoms with Crippen LogP contribution in [0.3, 0.4) is 0 Å². The summed E-state index contributed by atoms with van der Waals surface area (Å²) in [6.45, 7) is 0.814. The van der Waals surface area contributed by atoms with Gasteiger partial charge < -0.3 is 14.7 Å². The molecular formula is C21H28FNO4. The lowest BCUT2D eigenvalue weighted by Crippen LogP contribution is -2.56. The van der Waals surface area contributed by atoms with Gasteiger partial charge in [-0.25, -0.2) is 4.39 Å². The lowest BCUT2D eigenvalue weighted by Gasteiger charge is -2.45. The summed E-state index contributed by atoms with van der Waals surface area (Å²) in [6, 6.07) is 6.23. The number of halogens is 1. The third-order valence-electron chi connectivity index (χ3n) is 6.25. The monoisotopic (exact) mass is 377 g/mol. The van der Waals surface area contributed by atoms with Crippen molar-refractivity contribution < 1.29 is 23.8 Å². The second kappa shape index (κ2) is 7.97. The minimum absolute atomic E-state index is 0.0183. The Labute approximate surface area is 159 Å². The van der Waals surface area contributed by atoms with Gasteiger partial charge in [0, 0.05) is 20.2 Å². The summed E-state index contributed by atoms with van der Waals surface area (Å²) in [4.78, 5) is 27.3. The molecule has 1 saturated heterocycles. The summed E-state index contributed by atoms with van der Waals surface area (Å²) in [5.74, 6) is -1.25. The molecule has 0 radical (unpaired) electrons. The number of carbonyl (C=O) groups excluding carboxylic acids is 1. The normalized spacial score (nSPS) is 25.2. The van der Waals surface area contributed by atoms with Crippen molar-refractivity contribution in [2.45, 2.75) is 50.4 Å². The fraction of sp³-hybridized carbons (Fsp3) is 0.619. The summed E-state index contributed by atoms with van der Waals surface area (Å²) < 4.78 is 18.6. The van der Waals surface area contributed by atoms with E-state index in [2.05, 4.69) is 0 Å². The Bertz CT molecular complexity index is 680. The maximum Gasteiger partial charge on any atom is 0.313 e. The van der Waals surface area contributed by atoms with Crippen LogP contribution in [0.5, 0.6) is 0 Å². The van der Waals surface area contributed by atoms with Crippen molar-refractivity contribution in [1.29, 1.82) is 0 Å². The summed E-state index contributed by atoms with van der Waals surface area (Å²) in [5.41, 5.74) is -0.895. The Balaban J connectivity index is 1.92. The number of hydrogen-bond donors (Lipinski definition) is 1. The van der Waals surface area contributed by atoms with Crippen molar-refractivity contribution >= 4 is 11.9 Å². The van der Waals surface area contributed by atoms with Gasteiger partial charge in [0.15, 0.2) is 0 Å². The third kappa shape index (κ3) is 3.72. The van der Waals surface area contributed by atoms with E-state index in [1.807, 2.05) is 0 Å². The van der Waals surface area contributed by atoms with E-state index in [1.54, 1.807) is 17.0 Å². The van der Waals surface area contributed by atoms with Crippen LogP contribution in [0.15, 0.2) is 24.3 Å². The average Bonchev–Trinajstić information content (AvgIpc) is 2.69. The molecule has 2 fully saturated rings. The molecular weight excluding hydrogens is 349 g/mol. The average molecular weight is 377 g/mol. The molecule has 1 N–H and O–H groups in total. The highest BCUT2D eigenvalue weighted by Crippen LogP contribution is 2.43. The molecule has 1 unspecified atom stereocenters. The fourth-order valence-electron chi connectivity index (χ4n) is 4.79. The van der Waals surface area contributed by atoms with Gasteiger partial charge in [0.1, 0.15) is 11.2 Å². The van der Waals surface area contributed by atoms with Crippen molar-refractivity contribution in [3.8, 4) is 0 Å². The van der Waals surface area contributed by atoms with Crippen molar-refractivity contribution in [2.24, 2.45) is 5.41 Å². The highest BCUT2D eigenvalue weighted by atomic mass is 19.1. The van der Waals surface area contributed by atoms with Gasteiger partial charge in [-0.3, -0.25) is 9.59 Å². The van der Waals surface area contributed by atoms with Gasteiger partial charge in [-0.2, -0.15) is 0 Å². The number of methoxy groups -OCH3 is 1. The van der Waals surface area contributed by atoms with Gasteiger partial charge in [0.05, 0.1) is 12.0 Å². The molecule has 1 heterocycles. The van der Waals surface area contributed by atoms with E-state index in [-0.39, 0.29) is 24.9 Å². The predicted octanol–water partition coefficient (Wildman–Crippen LogP) is 3.37. The van der Waals surface area contributed by atoms with E-state index >= 15 is 0 Å².